The number of carboxylic acids is 1. The summed E-state index contributed by atoms with van der Waals surface area (Å²) in [7, 11) is 0. The van der Waals surface area contributed by atoms with Crippen molar-refractivity contribution in [3.8, 4) is 0 Å². The van der Waals surface area contributed by atoms with Crippen LogP contribution in [0.2, 0.25) is 0 Å². The molecule has 0 saturated carbocycles. The van der Waals surface area contributed by atoms with Gasteiger partial charge in [0.05, 0.1) is 5.56 Å². The van der Waals surface area contributed by atoms with E-state index in [1.54, 1.807) is 41.3 Å². The first-order valence-electron chi connectivity index (χ1n) is 8.96. The Kier molecular flexibility index (Phi) is 7.11. The van der Waals surface area contributed by atoms with Crippen LogP contribution in [0, 0.1) is 0 Å². The SMILES string of the molecule is CCN(CC)C(=O)c1cccc(NC(=O)CCc2ccc(C(=O)O)cc2)c1. The summed E-state index contributed by atoms with van der Waals surface area (Å²) < 4.78 is 0. The molecule has 6 nitrogen and oxygen atoms in total. The maximum absolute atomic E-state index is 12.4. The van der Waals surface area contributed by atoms with Crippen LogP contribution in [0.25, 0.3) is 0 Å². The van der Waals surface area contributed by atoms with E-state index in [1.165, 1.54) is 12.1 Å². The predicted molar refractivity (Wildman–Crippen MR) is 104 cm³/mol. The van der Waals surface area contributed by atoms with Crippen LogP contribution in [0.4, 0.5) is 5.69 Å². The number of anilines is 1. The first-order valence-corrected chi connectivity index (χ1v) is 8.96. The van der Waals surface area contributed by atoms with E-state index in [9.17, 15) is 14.4 Å². The molecule has 2 aromatic carbocycles. The van der Waals surface area contributed by atoms with E-state index >= 15 is 0 Å². The lowest BCUT2D eigenvalue weighted by Gasteiger charge is -2.19. The monoisotopic (exact) mass is 368 g/mol. The van der Waals surface area contributed by atoms with E-state index in [1.807, 2.05) is 13.8 Å². The molecule has 0 fully saturated rings. The largest absolute Gasteiger partial charge is 0.478 e. The molecular weight excluding hydrogens is 344 g/mol. The highest BCUT2D eigenvalue weighted by atomic mass is 16.4. The number of carbonyl (C=O) groups excluding carboxylic acids is 2. The average Bonchev–Trinajstić information content (AvgIpc) is 2.67. The zero-order valence-electron chi connectivity index (χ0n) is 15.6. The molecule has 2 aromatic rings. The van der Waals surface area contributed by atoms with Gasteiger partial charge in [-0.2, -0.15) is 0 Å². The number of nitrogens with zero attached hydrogens (tertiary/aromatic N) is 1. The quantitative estimate of drug-likeness (QED) is 0.747. The summed E-state index contributed by atoms with van der Waals surface area (Å²) in [6.07, 6.45) is 0.768. The van der Waals surface area contributed by atoms with Crippen molar-refractivity contribution in [3.63, 3.8) is 0 Å². The van der Waals surface area contributed by atoms with Crippen LogP contribution in [0.3, 0.4) is 0 Å². The molecule has 0 spiro atoms. The minimum Gasteiger partial charge on any atom is -0.478 e. The molecule has 142 valence electrons. The number of aryl methyl sites for hydroxylation is 1. The fourth-order valence-corrected chi connectivity index (χ4v) is 2.72. The Morgan fingerprint density at radius 3 is 2.22 bits per heavy atom. The highest BCUT2D eigenvalue weighted by Crippen LogP contribution is 2.14. The number of nitrogens with one attached hydrogen (secondary N) is 1. The lowest BCUT2D eigenvalue weighted by molar-refractivity contribution is -0.116. The third-order valence-corrected chi connectivity index (χ3v) is 4.29. The molecule has 0 heterocycles. The molecule has 0 bridgehead atoms. The van der Waals surface area contributed by atoms with E-state index in [0.717, 1.165) is 5.56 Å². The minimum absolute atomic E-state index is 0.0605. The van der Waals surface area contributed by atoms with Crippen LogP contribution < -0.4 is 5.32 Å². The van der Waals surface area contributed by atoms with Gasteiger partial charge in [0.1, 0.15) is 0 Å². The highest BCUT2D eigenvalue weighted by Gasteiger charge is 2.13. The second-order valence-corrected chi connectivity index (χ2v) is 6.11. The summed E-state index contributed by atoms with van der Waals surface area (Å²) in [5, 5.41) is 11.7. The van der Waals surface area contributed by atoms with E-state index in [4.69, 9.17) is 5.11 Å². The molecule has 0 aliphatic rings. The van der Waals surface area contributed by atoms with Gasteiger partial charge in [-0.15, -0.1) is 0 Å². The van der Waals surface area contributed by atoms with Crippen LogP contribution in [-0.2, 0) is 11.2 Å². The lowest BCUT2D eigenvalue weighted by atomic mass is 10.1. The van der Waals surface area contributed by atoms with Gasteiger partial charge in [-0.1, -0.05) is 18.2 Å². The Bertz CT molecular complexity index is 811. The van der Waals surface area contributed by atoms with Gasteiger partial charge in [0, 0.05) is 30.8 Å². The van der Waals surface area contributed by atoms with Crippen LogP contribution in [0.15, 0.2) is 48.5 Å². The molecule has 6 heteroatoms. The van der Waals surface area contributed by atoms with Crippen molar-refractivity contribution in [2.45, 2.75) is 26.7 Å². The molecule has 0 aliphatic carbocycles. The van der Waals surface area contributed by atoms with Crippen LogP contribution in [0.5, 0.6) is 0 Å². The molecule has 0 aliphatic heterocycles. The minimum atomic E-state index is -0.974. The number of aromatic carboxylic acids is 1. The molecule has 0 unspecified atom stereocenters. The normalized spacial score (nSPS) is 10.3. The summed E-state index contributed by atoms with van der Waals surface area (Å²) in [6, 6.07) is 13.4. The second-order valence-electron chi connectivity index (χ2n) is 6.11. The first kappa shape index (κ1) is 20.2. The van der Waals surface area contributed by atoms with Gasteiger partial charge in [-0.05, 0) is 56.2 Å². The second kappa shape index (κ2) is 9.52. The van der Waals surface area contributed by atoms with E-state index in [2.05, 4.69) is 5.32 Å². The lowest BCUT2D eigenvalue weighted by Crippen LogP contribution is -2.30. The summed E-state index contributed by atoms with van der Waals surface area (Å²) in [4.78, 5) is 37.2. The molecule has 2 N–H and O–H groups in total. The van der Waals surface area contributed by atoms with Gasteiger partial charge in [0.15, 0.2) is 0 Å². The van der Waals surface area contributed by atoms with E-state index in [-0.39, 0.29) is 23.8 Å². The number of carboxylic acid groups (broad SMARTS) is 1. The summed E-state index contributed by atoms with van der Waals surface area (Å²) in [6.45, 7) is 5.12. The number of benzene rings is 2. The fraction of sp³-hybridized carbons (Fsp3) is 0.286. The van der Waals surface area contributed by atoms with Gasteiger partial charge < -0.3 is 15.3 Å². The molecule has 0 saturated heterocycles. The zero-order valence-corrected chi connectivity index (χ0v) is 15.6. The summed E-state index contributed by atoms with van der Waals surface area (Å²) in [5.74, 6) is -1.20. The van der Waals surface area contributed by atoms with Crippen molar-refractivity contribution in [3.05, 3.63) is 65.2 Å². The Balaban J connectivity index is 1.94. The van der Waals surface area contributed by atoms with Crippen molar-refractivity contribution in [2.75, 3.05) is 18.4 Å². The first-order chi connectivity index (χ1) is 12.9. The van der Waals surface area contributed by atoms with E-state index < -0.39 is 5.97 Å². The van der Waals surface area contributed by atoms with Crippen LogP contribution in [-0.4, -0.2) is 40.9 Å². The number of rotatable bonds is 8. The number of hydrogen-bond donors (Lipinski definition) is 2. The molecule has 0 radical (unpaired) electrons. The van der Waals surface area contributed by atoms with Crippen molar-refractivity contribution in [1.29, 1.82) is 0 Å². The molecule has 2 amide bonds. The maximum atomic E-state index is 12.4. The third-order valence-electron chi connectivity index (χ3n) is 4.29. The summed E-state index contributed by atoms with van der Waals surface area (Å²) in [5.41, 5.74) is 2.23. The Labute approximate surface area is 158 Å². The number of amides is 2. The van der Waals surface area contributed by atoms with Gasteiger partial charge in [-0.3, -0.25) is 9.59 Å². The molecule has 0 atom stereocenters. The predicted octanol–water partition coefficient (Wildman–Crippen LogP) is 3.44. The molecule has 27 heavy (non-hydrogen) atoms. The molecular formula is C21H24N2O4. The van der Waals surface area contributed by atoms with Crippen molar-refractivity contribution in [1.82, 2.24) is 4.90 Å². The Morgan fingerprint density at radius 1 is 0.963 bits per heavy atom. The van der Waals surface area contributed by atoms with Gasteiger partial charge in [0.25, 0.3) is 5.91 Å². The number of hydrogen-bond acceptors (Lipinski definition) is 3. The smallest absolute Gasteiger partial charge is 0.335 e. The topological polar surface area (TPSA) is 86.7 Å². The number of carbonyl (C=O) groups is 3. The molecule has 2 rings (SSSR count). The van der Waals surface area contributed by atoms with Gasteiger partial charge in [0.2, 0.25) is 5.91 Å². The van der Waals surface area contributed by atoms with Crippen molar-refractivity contribution in [2.24, 2.45) is 0 Å². The highest BCUT2D eigenvalue weighted by molar-refractivity contribution is 5.97. The average molecular weight is 368 g/mol. The zero-order chi connectivity index (χ0) is 19.8. The molecule has 0 aromatic heterocycles. The van der Waals surface area contributed by atoms with Crippen molar-refractivity contribution >= 4 is 23.5 Å². The fourth-order valence-electron chi connectivity index (χ4n) is 2.72. The standard InChI is InChI=1S/C21H24N2O4/c1-3-23(4-2)20(25)17-6-5-7-18(14-17)22-19(24)13-10-15-8-11-16(12-9-15)21(26)27/h5-9,11-12,14H,3-4,10,13H2,1-2H3,(H,22,24)(H,26,27). The Morgan fingerprint density at radius 2 is 1.63 bits per heavy atom. The van der Waals surface area contributed by atoms with Gasteiger partial charge >= 0.3 is 5.97 Å². The van der Waals surface area contributed by atoms with Crippen LogP contribution >= 0.6 is 0 Å². The van der Waals surface area contributed by atoms with Gasteiger partial charge in [-0.25, -0.2) is 4.79 Å². The van der Waals surface area contributed by atoms with Crippen LogP contribution in [0.1, 0.15) is 46.5 Å². The Hall–Kier alpha value is -3.15. The third kappa shape index (κ3) is 5.67. The summed E-state index contributed by atoms with van der Waals surface area (Å²) >= 11 is 0. The van der Waals surface area contributed by atoms with E-state index in [0.29, 0.717) is 30.8 Å². The van der Waals surface area contributed by atoms with Crippen molar-refractivity contribution < 1.29 is 19.5 Å². The maximum Gasteiger partial charge on any atom is 0.335 e.